The molecule has 1 unspecified atom stereocenters. The summed E-state index contributed by atoms with van der Waals surface area (Å²) in [4.78, 5) is 11.3. The van der Waals surface area contributed by atoms with E-state index in [9.17, 15) is 14.4 Å². The van der Waals surface area contributed by atoms with E-state index in [-0.39, 0.29) is 16.0 Å². The third-order valence-corrected chi connectivity index (χ3v) is 2.41. The van der Waals surface area contributed by atoms with Crippen LogP contribution < -0.4 is 10.9 Å². The molecule has 1 aromatic carbocycles. The minimum Gasteiger partial charge on any atom is -0.595 e. The van der Waals surface area contributed by atoms with Crippen molar-refractivity contribution in [2.45, 2.75) is 0 Å². The van der Waals surface area contributed by atoms with Gasteiger partial charge in [0.25, 0.3) is 5.69 Å². The number of rotatable bonds is 1. The highest BCUT2D eigenvalue weighted by atomic mass is 35.5. The van der Waals surface area contributed by atoms with Gasteiger partial charge in [-0.3, -0.25) is 0 Å². The lowest BCUT2D eigenvalue weighted by Gasteiger charge is -2.12. The Bertz CT molecular complexity index is 610. The SMILES string of the molecule is O=c1oc2ccc(F)cc2c(Cl)c1[NH+]([O-])O. The second-order valence-corrected chi connectivity index (χ2v) is 3.40. The topological polar surface area (TPSA) is 77.9 Å². The largest absolute Gasteiger partial charge is 0.595 e. The normalized spacial score (nSPS) is 13.0. The molecule has 2 rings (SSSR count). The van der Waals surface area contributed by atoms with Gasteiger partial charge in [0, 0.05) is 5.39 Å². The molecular weight excluding hydrogens is 241 g/mol. The van der Waals surface area contributed by atoms with Crippen molar-refractivity contribution in [1.29, 1.82) is 0 Å². The van der Waals surface area contributed by atoms with Gasteiger partial charge in [0.15, 0.2) is 0 Å². The number of fused-ring (bicyclic) bond motifs is 1. The van der Waals surface area contributed by atoms with E-state index < -0.39 is 22.4 Å². The molecule has 0 saturated heterocycles. The van der Waals surface area contributed by atoms with Crippen LogP contribution >= 0.6 is 11.6 Å². The second kappa shape index (κ2) is 3.84. The maximum absolute atomic E-state index is 12.9. The molecule has 0 aliphatic carbocycles. The highest BCUT2D eigenvalue weighted by Crippen LogP contribution is 2.26. The van der Waals surface area contributed by atoms with Gasteiger partial charge in [-0.25, -0.2) is 14.4 Å². The first-order chi connectivity index (χ1) is 7.50. The smallest absolute Gasteiger partial charge is 0.403 e. The first-order valence-electron chi connectivity index (χ1n) is 4.16. The van der Waals surface area contributed by atoms with Crippen LogP contribution in [0, 0.1) is 11.0 Å². The maximum atomic E-state index is 12.9. The van der Waals surface area contributed by atoms with E-state index in [0.717, 1.165) is 12.1 Å². The molecule has 1 atom stereocenters. The van der Waals surface area contributed by atoms with Crippen LogP contribution in [0.2, 0.25) is 5.02 Å². The van der Waals surface area contributed by atoms with Crippen LogP contribution in [0.3, 0.4) is 0 Å². The van der Waals surface area contributed by atoms with E-state index in [0.29, 0.717) is 0 Å². The summed E-state index contributed by atoms with van der Waals surface area (Å²) in [6, 6.07) is 3.30. The van der Waals surface area contributed by atoms with Crippen molar-refractivity contribution in [3.8, 4) is 0 Å². The van der Waals surface area contributed by atoms with Crippen LogP contribution in [0.5, 0.6) is 0 Å². The fraction of sp³-hybridized carbons (Fsp3) is 0. The molecule has 2 aromatic rings. The van der Waals surface area contributed by atoms with Gasteiger partial charge in [-0.05, 0) is 18.2 Å². The lowest BCUT2D eigenvalue weighted by atomic mass is 10.2. The molecule has 0 saturated carbocycles. The van der Waals surface area contributed by atoms with Crippen molar-refractivity contribution in [2.24, 2.45) is 0 Å². The van der Waals surface area contributed by atoms with Gasteiger partial charge in [0.2, 0.25) is 0 Å². The Morgan fingerprint density at radius 1 is 1.50 bits per heavy atom. The highest BCUT2D eigenvalue weighted by Gasteiger charge is 2.19. The Kier molecular flexibility index (Phi) is 2.64. The van der Waals surface area contributed by atoms with Crippen molar-refractivity contribution < 1.29 is 19.2 Å². The molecule has 0 aliphatic rings. The zero-order valence-corrected chi connectivity index (χ0v) is 8.42. The first kappa shape index (κ1) is 11.0. The van der Waals surface area contributed by atoms with Gasteiger partial charge in [-0.2, -0.15) is 5.23 Å². The quantitative estimate of drug-likeness (QED) is 0.580. The molecule has 5 nitrogen and oxygen atoms in total. The summed E-state index contributed by atoms with van der Waals surface area (Å²) in [6.45, 7) is 0. The fourth-order valence-electron chi connectivity index (χ4n) is 1.32. The van der Waals surface area contributed by atoms with Gasteiger partial charge >= 0.3 is 5.63 Å². The van der Waals surface area contributed by atoms with Crippen molar-refractivity contribution in [1.82, 2.24) is 0 Å². The van der Waals surface area contributed by atoms with Crippen LogP contribution in [0.4, 0.5) is 10.1 Å². The van der Waals surface area contributed by atoms with E-state index in [1.807, 2.05) is 0 Å². The maximum Gasteiger partial charge on any atom is 0.403 e. The second-order valence-electron chi connectivity index (χ2n) is 3.02. The molecule has 2 N–H and O–H groups in total. The molecule has 0 fully saturated rings. The average Bonchev–Trinajstić information content (AvgIpc) is 2.19. The number of nitrogens with one attached hydrogen (secondary N) is 1. The van der Waals surface area contributed by atoms with E-state index in [1.54, 1.807) is 0 Å². The third kappa shape index (κ3) is 1.68. The number of hydrogen-bond acceptors (Lipinski definition) is 4. The summed E-state index contributed by atoms with van der Waals surface area (Å²) in [6.07, 6.45) is 0. The van der Waals surface area contributed by atoms with Crippen molar-refractivity contribution in [3.05, 3.63) is 44.7 Å². The molecule has 1 aromatic heterocycles. The van der Waals surface area contributed by atoms with E-state index in [4.69, 9.17) is 21.2 Å². The molecule has 1 heterocycles. The number of benzene rings is 1. The lowest BCUT2D eigenvalue weighted by Crippen LogP contribution is -3.00. The minimum atomic E-state index is -1.51. The molecule has 0 aliphatic heterocycles. The van der Waals surface area contributed by atoms with E-state index in [1.165, 1.54) is 6.07 Å². The summed E-state index contributed by atoms with van der Waals surface area (Å²) < 4.78 is 17.6. The monoisotopic (exact) mass is 245 g/mol. The van der Waals surface area contributed by atoms with Gasteiger partial charge in [-0.15, -0.1) is 0 Å². The Morgan fingerprint density at radius 2 is 2.19 bits per heavy atom. The van der Waals surface area contributed by atoms with Gasteiger partial charge in [-0.1, -0.05) is 11.6 Å². The van der Waals surface area contributed by atoms with Crippen LogP contribution in [0.15, 0.2) is 27.4 Å². The molecule has 0 radical (unpaired) electrons. The van der Waals surface area contributed by atoms with E-state index in [2.05, 4.69) is 0 Å². The Hall–Kier alpha value is -1.47. The van der Waals surface area contributed by atoms with Crippen molar-refractivity contribution in [2.75, 3.05) is 0 Å². The summed E-state index contributed by atoms with van der Waals surface area (Å²) in [7, 11) is 0. The molecule has 16 heavy (non-hydrogen) atoms. The molecule has 0 spiro atoms. The zero-order chi connectivity index (χ0) is 11.9. The van der Waals surface area contributed by atoms with Crippen LogP contribution in [-0.4, -0.2) is 5.21 Å². The van der Waals surface area contributed by atoms with Crippen LogP contribution in [0.25, 0.3) is 11.0 Å². The molecular formula is C9H5ClFNO4. The summed E-state index contributed by atoms with van der Waals surface area (Å²) in [5.41, 5.74) is -1.71. The summed E-state index contributed by atoms with van der Waals surface area (Å²) >= 11 is 5.71. The molecule has 0 bridgehead atoms. The first-order valence-corrected chi connectivity index (χ1v) is 4.53. The number of quaternary nitrogens is 1. The van der Waals surface area contributed by atoms with Crippen molar-refractivity contribution in [3.63, 3.8) is 0 Å². The Morgan fingerprint density at radius 3 is 2.81 bits per heavy atom. The Labute approximate surface area is 92.8 Å². The average molecular weight is 246 g/mol. The predicted octanol–water partition coefficient (Wildman–Crippen LogP) is 0.989. The standard InChI is InChI=1S/C9H5ClFNO4/c10-7-5-3-4(11)1-2-6(5)16-9(13)8(7)12(14)15/h1-3,12,14H. The van der Waals surface area contributed by atoms with Gasteiger partial charge in [0.1, 0.15) is 16.4 Å². The summed E-state index contributed by atoms with van der Waals surface area (Å²) in [5, 5.41) is 17.7. The molecule has 0 amide bonds. The van der Waals surface area contributed by atoms with Crippen molar-refractivity contribution >= 4 is 28.3 Å². The third-order valence-electron chi connectivity index (χ3n) is 2.02. The predicted molar refractivity (Wildman–Crippen MR) is 53.2 cm³/mol. The van der Waals surface area contributed by atoms with Crippen LogP contribution in [0.1, 0.15) is 0 Å². The fourth-order valence-corrected chi connectivity index (χ4v) is 1.62. The number of halogens is 2. The van der Waals surface area contributed by atoms with Crippen LogP contribution in [-0.2, 0) is 0 Å². The lowest BCUT2D eigenvalue weighted by molar-refractivity contribution is -0.992. The van der Waals surface area contributed by atoms with Gasteiger partial charge < -0.3 is 9.62 Å². The van der Waals surface area contributed by atoms with Gasteiger partial charge in [0.05, 0.1) is 0 Å². The Balaban J connectivity index is 2.91. The zero-order valence-electron chi connectivity index (χ0n) is 7.66. The highest BCUT2D eigenvalue weighted by molar-refractivity contribution is 6.37. The molecule has 7 heteroatoms. The molecule has 84 valence electrons. The minimum absolute atomic E-state index is 0.0430. The summed E-state index contributed by atoms with van der Waals surface area (Å²) in [5.74, 6) is -0.598. The number of hydrogen-bond donors (Lipinski definition) is 2. The van der Waals surface area contributed by atoms with E-state index >= 15 is 0 Å².